The van der Waals surface area contributed by atoms with Gasteiger partial charge in [0.25, 0.3) is 5.91 Å². The number of rotatable bonds is 6. The van der Waals surface area contributed by atoms with E-state index in [4.69, 9.17) is 0 Å². The highest BCUT2D eigenvalue weighted by Crippen LogP contribution is 2.29. The number of nitrogens with zero attached hydrogens (tertiary/aromatic N) is 3. The molecule has 0 spiro atoms. The lowest BCUT2D eigenvalue weighted by molar-refractivity contribution is -0.133. The molecule has 8 nitrogen and oxygen atoms in total. The van der Waals surface area contributed by atoms with E-state index in [1.807, 2.05) is 13.0 Å². The van der Waals surface area contributed by atoms with Gasteiger partial charge in [-0.1, -0.05) is 60.4 Å². The van der Waals surface area contributed by atoms with Crippen LogP contribution in [0.4, 0.5) is 9.93 Å². The Labute approximate surface area is 158 Å². The Hall–Kier alpha value is -2.46. The van der Waals surface area contributed by atoms with Crippen LogP contribution in [0.25, 0.3) is 0 Å². The largest absolute Gasteiger partial charge is 0.325 e. The monoisotopic (exact) mass is 391 g/mol. The molecule has 0 radical (unpaired) electrons. The summed E-state index contributed by atoms with van der Waals surface area (Å²) in [6, 6.07) is 8.32. The van der Waals surface area contributed by atoms with Gasteiger partial charge in [-0.05, 0) is 18.2 Å². The van der Waals surface area contributed by atoms with Gasteiger partial charge in [0.15, 0.2) is 4.34 Å². The van der Waals surface area contributed by atoms with Crippen LogP contribution in [0.1, 0.15) is 19.4 Å². The Kier molecular flexibility index (Phi) is 5.23. The molecule has 2 heterocycles. The van der Waals surface area contributed by atoms with E-state index in [0.717, 1.165) is 15.0 Å². The summed E-state index contributed by atoms with van der Waals surface area (Å²) in [5, 5.41) is 13.4. The first-order chi connectivity index (χ1) is 12.4. The second-order valence-corrected chi connectivity index (χ2v) is 8.16. The molecule has 1 aromatic heterocycles. The molecule has 10 heteroatoms. The van der Waals surface area contributed by atoms with Gasteiger partial charge in [-0.15, -0.1) is 10.2 Å². The average molecular weight is 391 g/mol. The predicted octanol–water partition coefficient (Wildman–Crippen LogP) is 2.06. The van der Waals surface area contributed by atoms with Gasteiger partial charge in [0, 0.05) is 0 Å². The Balaban J connectivity index is 1.68. The van der Waals surface area contributed by atoms with Crippen molar-refractivity contribution in [3.63, 3.8) is 0 Å². The first-order valence-electron chi connectivity index (χ1n) is 7.90. The highest BCUT2D eigenvalue weighted by Gasteiger charge is 2.49. The number of hydrogen-bond acceptors (Lipinski definition) is 7. The van der Waals surface area contributed by atoms with E-state index in [0.29, 0.717) is 10.7 Å². The molecule has 2 N–H and O–H groups in total. The van der Waals surface area contributed by atoms with Crippen LogP contribution >= 0.6 is 23.1 Å². The molecule has 26 heavy (non-hydrogen) atoms. The zero-order valence-electron chi connectivity index (χ0n) is 14.2. The van der Waals surface area contributed by atoms with Crippen molar-refractivity contribution in [1.29, 1.82) is 0 Å². The summed E-state index contributed by atoms with van der Waals surface area (Å²) in [5.74, 6) is -0.123. The third-order valence-electron chi connectivity index (χ3n) is 3.85. The standard InChI is InChI=1S/C16H17N5O3S2/c1-3-25-15-20-19-13(26-15)17-11(22)9-21-12(23)16(2,18-14(21)24)10-7-5-4-6-8-10/h4-8H,3,9H2,1-2H3,(H,18,24)(H,17,19,22)/t16-/m0/s1. The fourth-order valence-electron chi connectivity index (χ4n) is 2.55. The van der Waals surface area contributed by atoms with Crippen molar-refractivity contribution in [2.75, 3.05) is 17.6 Å². The molecule has 0 unspecified atom stereocenters. The zero-order chi connectivity index (χ0) is 18.7. The molecule has 1 aromatic carbocycles. The third-order valence-corrected chi connectivity index (χ3v) is 5.70. The van der Waals surface area contributed by atoms with Crippen LogP contribution in [-0.4, -0.2) is 45.2 Å². The van der Waals surface area contributed by atoms with Crippen molar-refractivity contribution in [2.45, 2.75) is 23.7 Å². The number of thioether (sulfide) groups is 1. The van der Waals surface area contributed by atoms with Crippen LogP contribution < -0.4 is 10.6 Å². The van der Waals surface area contributed by atoms with Crippen molar-refractivity contribution in [3.05, 3.63) is 35.9 Å². The molecule has 1 saturated heterocycles. The summed E-state index contributed by atoms with van der Waals surface area (Å²) < 4.78 is 0.745. The lowest BCUT2D eigenvalue weighted by atomic mass is 9.92. The van der Waals surface area contributed by atoms with E-state index in [9.17, 15) is 14.4 Å². The number of carbonyl (C=O) groups excluding carboxylic acids is 3. The molecule has 1 atom stereocenters. The van der Waals surface area contributed by atoms with Gasteiger partial charge < -0.3 is 5.32 Å². The first-order valence-corrected chi connectivity index (χ1v) is 9.70. The van der Waals surface area contributed by atoms with Crippen molar-refractivity contribution in [3.8, 4) is 0 Å². The predicted molar refractivity (Wildman–Crippen MR) is 99.0 cm³/mol. The van der Waals surface area contributed by atoms with Crippen molar-refractivity contribution in [1.82, 2.24) is 20.4 Å². The van der Waals surface area contributed by atoms with Gasteiger partial charge in [0.2, 0.25) is 11.0 Å². The van der Waals surface area contributed by atoms with Crippen molar-refractivity contribution in [2.24, 2.45) is 0 Å². The highest BCUT2D eigenvalue weighted by molar-refractivity contribution is 8.01. The number of benzene rings is 1. The molecule has 0 saturated carbocycles. The smallest absolute Gasteiger partial charge is 0.319 e. The number of anilines is 1. The summed E-state index contributed by atoms with van der Waals surface area (Å²) in [6.07, 6.45) is 0. The average Bonchev–Trinajstić information content (AvgIpc) is 3.14. The molecule has 1 fully saturated rings. The Morgan fingerprint density at radius 2 is 2.04 bits per heavy atom. The maximum absolute atomic E-state index is 12.7. The number of imide groups is 1. The SMILES string of the molecule is CCSc1nnc(NC(=O)CN2C(=O)N[C@@](C)(c3ccccc3)C2=O)s1. The van der Waals surface area contributed by atoms with Gasteiger partial charge in [0.1, 0.15) is 12.1 Å². The second kappa shape index (κ2) is 7.42. The molecule has 1 aliphatic heterocycles. The number of hydrogen-bond donors (Lipinski definition) is 2. The van der Waals surface area contributed by atoms with Crippen molar-refractivity contribution < 1.29 is 14.4 Å². The molecule has 1 aliphatic rings. The van der Waals surface area contributed by atoms with Crippen LogP contribution in [0.3, 0.4) is 0 Å². The van der Waals surface area contributed by atoms with Crippen LogP contribution in [-0.2, 0) is 15.1 Å². The van der Waals surface area contributed by atoms with E-state index in [1.54, 1.807) is 31.2 Å². The van der Waals surface area contributed by atoms with Gasteiger partial charge in [-0.25, -0.2) is 4.79 Å². The van der Waals surface area contributed by atoms with E-state index in [1.165, 1.54) is 23.1 Å². The summed E-state index contributed by atoms with van der Waals surface area (Å²) in [7, 11) is 0. The van der Waals surface area contributed by atoms with Crippen LogP contribution in [0.15, 0.2) is 34.7 Å². The van der Waals surface area contributed by atoms with Gasteiger partial charge in [0.05, 0.1) is 0 Å². The highest BCUT2D eigenvalue weighted by atomic mass is 32.2. The first kappa shape index (κ1) is 18.3. The minimum Gasteiger partial charge on any atom is -0.319 e. The Morgan fingerprint density at radius 1 is 1.31 bits per heavy atom. The van der Waals surface area contributed by atoms with Gasteiger partial charge >= 0.3 is 6.03 Å². The number of nitrogens with one attached hydrogen (secondary N) is 2. The number of amides is 4. The fraction of sp³-hybridized carbons (Fsp3) is 0.312. The minimum absolute atomic E-state index is 0.337. The molecule has 136 valence electrons. The van der Waals surface area contributed by atoms with E-state index < -0.39 is 23.4 Å². The van der Waals surface area contributed by atoms with Crippen LogP contribution in [0.5, 0.6) is 0 Å². The van der Waals surface area contributed by atoms with E-state index in [-0.39, 0.29) is 6.54 Å². The molecular weight excluding hydrogens is 374 g/mol. The van der Waals surface area contributed by atoms with Crippen LogP contribution in [0.2, 0.25) is 0 Å². The minimum atomic E-state index is -1.19. The topological polar surface area (TPSA) is 104 Å². The number of aromatic nitrogens is 2. The maximum atomic E-state index is 12.7. The van der Waals surface area contributed by atoms with Gasteiger partial charge in [-0.3, -0.25) is 19.8 Å². The fourth-order valence-corrected chi connectivity index (χ4v) is 4.22. The van der Waals surface area contributed by atoms with E-state index >= 15 is 0 Å². The summed E-state index contributed by atoms with van der Waals surface area (Å²) in [6.45, 7) is 3.23. The third kappa shape index (κ3) is 3.56. The lowest BCUT2D eigenvalue weighted by Gasteiger charge is -2.21. The summed E-state index contributed by atoms with van der Waals surface area (Å²) in [5.41, 5.74) is -0.529. The number of carbonyl (C=O) groups is 3. The van der Waals surface area contributed by atoms with Crippen LogP contribution in [0, 0.1) is 0 Å². The van der Waals surface area contributed by atoms with E-state index in [2.05, 4.69) is 20.8 Å². The Bertz CT molecular complexity index is 841. The molecule has 2 aromatic rings. The second-order valence-electron chi connectivity index (χ2n) is 5.67. The van der Waals surface area contributed by atoms with Crippen molar-refractivity contribution >= 4 is 46.1 Å². The summed E-state index contributed by atoms with van der Waals surface area (Å²) >= 11 is 2.77. The molecule has 4 amide bonds. The Morgan fingerprint density at radius 3 is 2.73 bits per heavy atom. The molecule has 3 rings (SSSR count). The van der Waals surface area contributed by atoms with Gasteiger partial charge in [-0.2, -0.15) is 0 Å². The lowest BCUT2D eigenvalue weighted by Crippen LogP contribution is -2.42. The normalized spacial score (nSPS) is 19.5. The molecular formula is C16H17N5O3S2. The molecule has 0 aliphatic carbocycles. The maximum Gasteiger partial charge on any atom is 0.325 e. The quantitative estimate of drug-likeness (QED) is 0.444. The molecule has 0 bridgehead atoms. The summed E-state index contributed by atoms with van der Waals surface area (Å²) in [4.78, 5) is 38.1. The number of urea groups is 1. The zero-order valence-corrected chi connectivity index (χ0v) is 15.8.